The van der Waals surface area contributed by atoms with Crippen molar-refractivity contribution in [2.75, 3.05) is 39.4 Å². The first kappa shape index (κ1) is 31.7. The summed E-state index contributed by atoms with van der Waals surface area (Å²) in [4.78, 5) is 8.04. The van der Waals surface area contributed by atoms with E-state index in [9.17, 15) is 0 Å². The molecular formula is C38H47ClN4O2. The van der Waals surface area contributed by atoms with Gasteiger partial charge in [-0.1, -0.05) is 43.5 Å². The Balaban J connectivity index is 1.15. The highest BCUT2D eigenvalue weighted by Gasteiger charge is 2.30. The molecule has 4 aromatic rings. The van der Waals surface area contributed by atoms with Crippen LogP contribution < -0.4 is 14.8 Å². The quantitative estimate of drug-likeness (QED) is 0.143. The summed E-state index contributed by atoms with van der Waals surface area (Å²) < 4.78 is 14.4. The zero-order chi connectivity index (χ0) is 30.8. The summed E-state index contributed by atoms with van der Waals surface area (Å²) in [5.41, 5.74) is 4.44. The summed E-state index contributed by atoms with van der Waals surface area (Å²) in [5.74, 6) is 3.38. The third-order valence-corrected chi connectivity index (χ3v) is 9.58. The second-order valence-electron chi connectivity index (χ2n) is 12.4. The maximum Gasteiger partial charge on any atom is 0.119 e. The average molecular weight is 627 g/mol. The number of nitrogens with zero attached hydrogens (tertiary/aromatic N) is 3. The monoisotopic (exact) mass is 626 g/mol. The van der Waals surface area contributed by atoms with Crippen LogP contribution >= 0.6 is 11.6 Å². The molecule has 7 heteroatoms. The Hall–Kier alpha value is -3.32. The molecule has 0 spiro atoms. The zero-order valence-corrected chi connectivity index (χ0v) is 27.4. The Morgan fingerprint density at radius 3 is 2.18 bits per heavy atom. The summed E-state index contributed by atoms with van der Waals surface area (Å²) in [6.07, 6.45) is 11.9. The van der Waals surface area contributed by atoms with E-state index >= 15 is 0 Å². The molecule has 1 aromatic heterocycles. The van der Waals surface area contributed by atoms with Crippen LogP contribution in [-0.2, 0) is 6.42 Å². The largest absolute Gasteiger partial charge is 0.494 e. The van der Waals surface area contributed by atoms with E-state index in [2.05, 4.69) is 76.4 Å². The zero-order valence-electron chi connectivity index (χ0n) is 26.6. The van der Waals surface area contributed by atoms with Gasteiger partial charge in [0.05, 0.1) is 18.9 Å². The van der Waals surface area contributed by atoms with Gasteiger partial charge in [0.15, 0.2) is 0 Å². The van der Waals surface area contributed by atoms with Crippen LogP contribution in [-0.4, -0.2) is 59.9 Å². The molecule has 0 atom stereocenters. The number of hydrogen-bond donors (Lipinski definition) is 1. The molecule has 1 saturated heterocycles. The minimum absolute atomic E-state index is 0.439. The normalized spacial score (nSPS) is 16.3. The minimum Gasteiger partial charge on any atom is -0.494 e. The van der Waals surface area contributed by atoms with Crippen molar-refractivity contribution in [2.24, 2.45) is 0 Å². The first-order chi connectivity index (χ1) is 22.2. The number of aromatic nitrogens is 2. The van der Waals surface area contributed by atoms with E-state index in [-0.39, 0.29) is 0 Å². The minimum atomic E-state index is 0.439. The number of nitrogens with one attached hydrogen (secondary N) is 1. The van der Waals surface area contributed by atoms with Gasteiger partial charge in [0.1, 0.15) is 17.3 Å². The summed E-state index contributed by atoms with van der Waals surface area (Å²) in [6.45, 7) is 7.77. The van der Waals surface area contributed by atoms with E-state index in [4.69, 9.17) is 26.1 Å². The van der Waals surface area contributed by atoms with Crippen molar-refractivity contribution in [3.8, 4) is 28.4 Å². The molecule has 3 aromatic carbocycles. The summed E-state index contributed by atoms with van der Waals surface area (Å²) in [5, 5.41) is 4.11. The Morgan fingerprint density at radius 2 is 1.49 bits per heavy atom. The second-order valence-corrected chi connectivity index (χ2v) is 12.8. The third-order valence-electron chi connectivity index (χ3n) is 9.32. The molecule has 2 heterocycles. The van der Waals surface area contributed by atoms with Crippen LogP contribution in [0.2, 0.25) is 5.02 Å². The summed E-state index contributed by atoms with van der Waals surface area (Å²) >= 11 is 6.02. The molecule has 1 N–H and O–H groups in total. The highest BCUT2D eigenvalue weighted by molar-refractivity contribution is 6.30. The predicted octanol–water partition coefficient (Wildman–Crippen LogP) is 8.31. The first-order valence-corrected chi connectivity index (χ1v) is 17.3. The number of benzene rings is 3. The number of halogens is 1. The van der Waals surface area contributed by atoms with Gasteiger partial charge in [-0.3, -0.25) is 0 Å². The number of likely N-dealkylation sites (tertiary alicyclic amines) is 1. The summed E-state index contributed by atoms with van der Waals surface area (Å²) in [6, 6.07) is 25.6. The van der Waals surface area contributed by atoms with Gasteiger partial charge in [0, 0.05) is 40.9 Å². The van der Waals surface area contributed by atoms with Crippen molar-refractivity contribution in [3.05, 3.63) is 95.4 Å². The van der Waals surface area contributed by atoms with Gasteiger partial charge in [-0.15, -0.1) is 0 Å². The van der Waals surface area contributed by atoms with Crippen molar-refractivity contribution < 1.29 is 9.47 Å². The van der Waals surface area contributed by atoms with Gasteiger partial charge in [-0.25, -0.2) is 4.98 Å². The van der Waals surface area contributed by atoms with Crippen LogP contribution in [0, 0.1) is 0 Å². The van der Waals surface area contributed by atoms with Gasteiger partial charge >= 0.3 is 0 Å². The molecular weight excluding hydrogens is 580 g/mol. The van der Waals surface area contributed by atoms with E-state index < -0.39 is 0 Å². The molecule has 6 nitrogen and oxygen atoms in total. The molecule has 1 aliphatic carbocycles. The molecule has 2 aliphatic rings. The number of piperidine rings is 1. The molecule has 0 unspecified atom stereocenters. The lowest BCUT2D eigenvalue weighted by Gasteiger charge is -2.35. The van der Waals surface area contributed by atoms with Crippen molar-refractivity contribution in [1.82, 2.24) is 19.8 Å². The maximum absolute atomic E-state index is 6.06. The van der Waals surface area contributed by atoms with Crippen LogP contribution in [0.1, 0.15) is 69.2 Å². The SMILES string of the molecule is CCNCCCOc1ccc(-n2cc(-c3ccc(OCCc4ccc(Cl)cc4)cc3)nc2C2CCN(C3CCCC3)CC2)cc1. The lowest BCUT2D eigenvalue weighted by molar-refractivity contribution is 0.152. The second kappa shape index (κ2) is 15.8. The van der Waals surface area contributed by atoms with Crippen molar-refractivity contribution in [3.63, 3.8) is 0 Å². The van der Waals surface area contributed by atoms with E-state index in [1.165, 1.54) is 50.2 Å². The Labute approximate surface area is 273 Å². The van der Waals surface area contributed by atoms with Crippen molar-refractivity contribution in [1.29, 1.82) is 0 Å². The number of rotatable bonds is 14. The van der Waals surface area contributed by atoms with E-state index in [0.29, 0.717) is 19.1 Å². The fourth-order valence-electron chi connectivity index (χ4n) is 6.75. The fraction of sp³-hybridized carbons (Fsp3) is 0.447. The van der Waals surface area contributed by atoms with Gasteiger partial charge < -0.3 is 24.3 Å². The van der Waals surface area contributed by atoms with E-state index in [0.717, 1.165) is 78.3 Å². The number of hydrogen-bond acceptors (Lipinski definition) is 5. The smallest absolute Gasteiger partial charge is 0.119 e. The Kier molecular flexibility index (Phi) is 11.1. The highest BCUT2D eigenvalue weighted by Crippen LogP contribution is 2.35. The predicted molar refractivity (Wildman–Crippen MR) is 184 cm³/mol. The van der Waals surface area contributed by atoms with Crippen LogP contribution in [0.3, 0.4) is 0 Å². The number of ether oxygens (including phenoxy) is 2. The van der Waals surface area contributed by atoms with Crippen LogP contribution in [0.25, 0.3) is 16.9 Å². The van der Waals surface area contributed by atoms with Crippen LogP contribution in [0.15, 0.2) is 79.0 Å². The molecule has 6 rings (SSSR count). The molecule has 0 radical (unpaired) electrons. The molecule has 2 fully saturated rings. The fourth-order valence-corrected chi connectivity index (χ4v) is 6.87. The topological polar surface area (TPSA) is 51.6 Å². The highest BCUT2D eigenvalue weighted by atomic mass is 35.5. The van der Waals surface area contributed by atoms with Crippen LogP contribution in [0.4, 0.5) is 0 Å². The van der Waals surface area contributed by atoms with Gasteiger partial charge in [-0.05, 0) is 125 Å². The molecule has 1 saturated carbocycles. The van der Waals surface area contributed by atoms with Crippen molar-refractivity contribution in [2.45, 2.75) is 70.3 Å². The third kappa shape index (κ3) is 8.49. The summed E-state index contributed by atoms with van der Waals surface area (Å²) in [7, 11) is 0. The lowest BCUT2D eigenvalue weighted by Crippen LogP contribution is -2.39. The van der Waals surface area contributed by atoms with Gasteiger partial charge in [0.2, 0.25) is 0 Å². The van der Waals surface area contributed by atoms with E-state index in [1.807, 2.05) is 24.3 Å². The molecule has 45 heavy (non-hydrogen) atoms. The molecule has 238 valence electrons. The Morgan fingerprint density at radius 1 is 0.822 bits per heavy atom. The van der Waals surface area contributed by atoms with Gasteiger partial charge in [0.25, 0.3) is 0 Å². The van der Waals surface area contributed by atoms with Crippen LogP contribution in [0.5, 0.6) is 11.5 Å². The van der Waals surface area contributed by atoms with Gasteiger partial charge in [-0.2, -0.15) is 0 Å². The average Bonchev–Trinajstić information content (AvgIpc) is 3.78. The lowest BCUT2D eigenvalue weighted by atomic mass is 9.94. The Bertz CT molecular complexity index is 1460. The van der Waals surface area contributed by atoms with Crippen molar-refractivity contribution >= 4 is 11.6 Å². The first-order valence-electron chi connectivity index (χ1n) is 16.9. The van der Waals surface area contributed by atoms with E-state index in [1.54, 1.807) is 0 Å². The maximum atomic E-state index is 6.06. The molecule has 0 bridgehead atoms. The molecule has 1 aliphatic heterocycles. The standard InChI is InChI=1S/C38H47ClN4O2/c1-2-40-23-5-26-44-36-18-14-34(15-19-36)43-28-37(41-38(43)31-20-24-42(25-21-31)33-6-3-4-7-33)30-10-16-35(17-11-30)45-27-22-29-8-12-32(39)13-9-29/h8-19,28,31,33,40H,2-7,20-27H2,1H3. The number of imidazole rings is 1. The molecule has 0 amide bonds.